The molecular weight excluding hydrogens is 450 g/mol. The Morgan fingerprint density at radius 2 is 2.00 bits per heavy atom. The van der Waals surface area contributed by atoms with Crippen LogP contribution >= 0.6 is 0 Å². The lowest BCUT2D eigenvalue weighted by Gasteiger charge is -2.27. The van der Waals surface area contributed by atoms with Crippen molar-refractivity contribution < 1.29 is 19.2 Å². The predicted octanol–water partition coefficient (Wildman–Crippen LogP) is 4.00. The Morgan fingerprint density at radius 1 is 1.17 bits per heavy atom. The van der Waals surface area contributed by atoms with E-state index in [0.29, 0.717) is 47.3 Å². The molecule has 11 nitrogen and oxygen atoms in total. The van der Waals surface area contributed by atoms with Gasteiger partial charge < -0.3 is 14.4 Å². The quantitative estimate of drug-likeness (QED) is 0.403. The van der Waals surface area contributed by atoms with Crippen LogP contribution in [0.15, 0.2) is 47.0 Å². The van der Waals surface area contributed by atoms with Crippen LogP contribution in [0.3, 0.4) is 0 Å². The van der Waals surface area contributed by atoms with Crippen LogP contribution in [0, 0.1) is 12.8 Å². The van der Waals surface area contributed by atoms with E-state index < -0.39 is 5.97 Å². The second kappa shape index (κ2) is 9.53. The van der Waals surface area contributed by atoms with Crippen molar-refractivity contribution in [2.24, 2.45) is 13.0 Å². The molecule has 0 saturated heterocycles. The lowest BCUT2D eigenvalue weighted by Crippen LogP contribution is -2.29. The van der Waals surface area contributed by atoms with E-state index in [-0.39, 0.29) is 18.0 Å². The summed E-state index contributed by atoms with van der Waals surface area (Å²) >= 11 is 0. The first-order valence-corrected chi connectivity index (χ1v) is 11.4. The maximum Gasteiger partial charge on any atom is 0.327 e. The molecule has 5 rings (SSSR count). The largest absolute Gasteiger partial charge is 0.489 e. The first-order chi connectivity index (χ1) is 17.0. The van der Waals surface area contributed by atoms with Gasteiger partial charge in [-0.3, -0.25) is 10.1 Å². The van der Waals surface area contributed by atoms with Crippen molar-refractivity contribution in [2.75, 3.05) is 5.32 Å². The molecule has 180 valence electrons. The van der Waals surface area contributed by atoms with Gasteiger partial charge in [0.05, 0.1) is 23.4 Å². The van der Waals surface area contributed by atoms with E-state index in [1.165, 1.54) is 0 Å². The van der Waals surface area contributed by atoms with Crippen molar-refractivity contribution in [3.05, 3.63) is 48.2 Å². The third-order valence-electron chi connectivity index (χ3n) is 6.06. The lowest BCUT2D eigenvalue weighted by atomic mass is 9.87. The smallest absolute Gasteiger partial charge is 0.327 e. The van der Waals surface area contributed by atoms with E-state index in [4.69, 9.17) is 9.26 Å². The number of benzene rings is 1. The highest BCUT2D eigenvalue weighted by Gasteiger charge is 2.28. The Morgan fingerprint density at radius 3 is 2.77 bits per heavy atom. The topological polar surface area (TPSA) is 141 Å². The van der Waals surface area contributed by atoms with Gasteiger partial charge in [0, 0.05) is 12.6 Å². The number of aliphatic carboxylic acids is 1. The second-order valence-corrected chi connectivity index (χ2v) is 8.55. The number of nitrogens with zero attached hydrogens (tertiary/aromatic N) is 6. The third-order valence-corrected chi connectivity index (χ3v) is 6.06. The number of carboxylic acids is 1. The highest BCUT2D eigenvalue weighted by molar-refractivity contribution is 5.72. The summed E-state index contributed by atoms with van der Waals surface area (Å²) in [6.45, 7) is 1.85. The standard InChI is InChI=1S/C24H25N7O4/c1-14-19(34-17-10-6-9-16(13-17)23(32)33)12-11-18(25-14)20-22(31(2)30-28-20)27-24-26-21(29-35-24)15-7-4-3-5-8-15/h3-5,7-8,11-12,16-17H,6,9-10,13H2,1-2H3,(H,32,33)(H,26,27,29)/t16-,17?/m0/s1. The minimum absolute atomic E-state index is 0.138. The van der Waals surface area contributed by atoms with Gasteiger partial charge in [-0.05, 0) is 44.7 Å². The van der Waals surface area contributed by atoms with Crippen molar-refractivity contribution in [2.45, 2.75) is 38.7 Å². The maximum absolute atomic E-state index is 11.4. The Balaban J connectivity index is 1.34. The molecule has 1 unspecified atom stereocenters. The predicted molar refractivity (Wildman–Crippen MR) is 126 cm³/mol. The van der Waals surface area contributed by atoms with Crippen molar-refractivity contribution in [1.29, 1.82) is 0 Å². The molecule has 0 amide bonds. The zero-order valence-electron chi connectivity index (χ0n) is 19.4. The normalized spacial score (nSPS) is 17.8. The second-order valence-electron chi connectivity index (χ2n) is 8.55. The van der Waals surface area contributed by atoms with Crippen LogP contribution in [0.2, 0.25) is 0 Å². The molecule has 1 aliphatic rings. The number of pyridine rings is 1. The van der Waals surface area contributed by atoms with Gasteiger partial charge in [-0.1, -0.05) is 40.7 Å². The molecule has 1 saturated carbocycles. The molecule has 0 aliphatic heterocycles. The fourth-order valence-electron chi connectivity index (χ4n) is 4.21. The average molecular weight is 476 g/mol. The highest BCUT2D eigenvalue weighted by atomic mass is 16.5. The van der Waals surface area contributed by atoms with Crippen LogP contribution in [0.4, 0.5) is 11.8 Å². The van der Waals surface area contributed by atoms with E-state index in [1.807, 2.05) is 43.3 Å². The van der Waals surface area contributed by atoms with Gasteiger partial charge in [0.1, 0.15) is 5.75 Å². The van der Waals surface area contributed by atoms with Crippen molar-refractivity contribution in [3.8, 4) is 28.5 Å². The summed E-state index contributed by atoms with van der Waals surface area (Å²) in [7, 11) is 1.75. The maximum atomic E-state index is 11.4. The van der Waals surface area contributed by atoms with E-state index in [0.717, 1.165) is 18.4 Å². The molecule has 0 bridgehead atoms. The van der Waals surface area contributed by atoms with Gasteiger partial charge in [0.25, 0.3) is 0 Å². The molecule has 35 heavy (non-hydrogen) atoms. The minimum Gasteiger partial charge on any atom is -0.489 e. The number of aromatic nitrogens is 6. The number of hydrogen-bond donors (Lipinski definition) is 2. The highest BCUT2D eigenvalue weighted by Crippen LogP contribution is 2.32. The number of rotatable bonds is 7. The van der Waals surface area contributed by atoms with Gasteiger partial charge in [-0.25, -0.2) is 9.67 Å². The molecule has 3 heterocycles. The number of hydrogen-bond acceptors (Lipinski definition) is 9. The number of nitrogens with one attached hydrogen (secondary N) is 1. The van der Waals surface area contributed by atoms with E-state index in [1.54, 1.807) is 17.8 Å². The van der Waals surface area contributed by atoms with Crippen LogP contribution in [0.1, 0.15) is 31.4 Å². The van der Waals surface area contributed by atoms with Gasteiger partial charge in [0.15, 0.2) is 11.5 Å². The molecule has 2 N–H and O–H groups in total. The van der Waals surface area contributed by atoms with Crippen LogP contribution < -0.4 is 10.1 Å². The number of ether oxygens (including phenoxy) is 1. The summed E-state index contributed by atoms with van der Waals surface area (Å²) in [5, 5.41) is 24.8. The summed E-state index contributed by atoms with van der Waals surface area (Å²) in [4.78, 5) is 20.4. The molecule has 11 heteroatoms. The molecule has 1 aromatic carbocycles. The third kappa shape index (κ3) is 4.84. The number of carboxylic acid groups (broad SMARTS) is 1. The molecule has 1 aliphatic carbocycles. The minimum atomic E-state index is -0.761. The molecule has 2 atom stereocenters. The Kier molecular flexibility index (Phi) is 6.13. The van der Waals surface area contributed by atoms with Crippen molar-refractivity contribution in [1.82, 2.24) is 30.1 Å². The lowest BCUT2D eigenvalue weighted by molar-refractivity contribution is -0.143. The zero-order chi connectivity index (χ0) is 24.4. The van der Waals surface area contributed by atoms with E-state index >= 15 is 0 Å². The van der Waals surface area contributed by atoms with Crippen molar-refractivity contribution >= 4 is 17.8 Å². The Bertz CT molecular complexity index is 1330. The molecular formula is C24H25N7O4. The molecule has 4 aromatic rings. The van der Waals surface area contributed by atoms with E-state index in [2.05, 4.69) is 30.8 Å². The molecule has 1 fully saturated rings. The van der Waals surface area contributed by atoms with Gasteiger partial charge >= 0.3 is 12.0 Å². The van der Waals surface area contributed by atoms with Crippen LogP contribution in [-0.4, -0.2) is 47.3 Å². The Labute approximate surface area is 201 Å². The summed E-state index contributed by atoms with van der Waals surface area (Å²) < 4.78 is 13.1. The summed E-state index contributed by atoms with van der Waals surface area (Å²) in [6, 6.07) is 13.4. The first-order valence-electron chi connectivity index (χ1n) is 11.4. The molecule has 0 spiro atoms. The SMILES string of the molecule is Cc1nc(-c2nnn(C)c2Nc2nc(-c3ccccc3)no2)ccc1OC1CCC[C@H](C(=O)O)C1. The molecule has 0 radical (unpaired) electrons. The fraction of sp³-hybridized carbons (Fsp3) is 0.333. The number of carbonyl (C=O) groups is 1. The molecule has 3 aromatic heterocycles. The first kappa shape index (κ1) is 22.5. The number of anilines is 2. The fourth-order valence-corrected chi connectivity index (χ4v) is 4.21. The van der Waals surface area contributed by atoms with Crippen LogP contribution in [0.5, 0.6) is 5.75 Å². The zero-order valence-corrected chi connectivity index (χ0v) is 19.4. The van der Waals surface area contributed by atoms with Gasteiger partial charge in [-0.2, -0.15) is 4.98 Å². The Hall–Kier alpha value is -4.28. The number of aryl methyl sites for hydroxylation is 2. The van der Waals surface area contributed by atoms with Gasteiger partial charge in [-0.15, -0.1) is 5.10 Å². The average Bonchev–Trinajstić information content (AvgIpc) is 3.48. The monoisotopic (exact) mass is 475 g/mol. The summed E-state index contributed by atoms with van der Waals surface area (Å²) in [6.07, 6.45) is 2.73. The van der Waals surface area contributed by atoms with Crippen LogP contribution in [-0.2, 0) is 11.8 Å². The van der Waals surface area contributed by atoms with Gasteiger partial charge in [0.2, 0.25) is 5.82 Å². The van der Waals surface area contributed by atoms with Crippen molar-refractivity contribution in [3.63, 3.8) is 0 Å². The summed E-state index contributed by atoms with van der Waals surface area (Å²) in [5.41, 5.74) is 2.64. The van der Waals surface area contributed by atoms with E-state index in [9.17, 15) is 9.90 Å². The summed E-state index contributed by atoms with van der Waals surface area (Å²) in [5.74, 6) is 0.524. The van der Waals surface area contributed by atoms with Crippen LogP contribution in [0.25, 0.3) is 22.8 Å².